The van der Waals surface area contributed by atoms with E-state index in [2.05, 4.69) is 35.3 Å². The van der Waals surface area contributed by atoms with Crippen LogP contribution < -0.4 is 0 Å². The molecular weight excluding hydrogens is 657 g/mol. The molecule has 1 fully saturated rings. The lowest BCUT2D eigenvalue weighted by atomic mass is 9.97. The van der Waals surface area contributed by atoms with Crippen molar-refractivity contribution >= 4 is 47.7 Å². The van der Waals surface area contributed by atoms with Gasteiger partial charge in [-0.1, -0.05) is 66.7 Å². The molecule has 49 heavy (non-hydrogen) atoms. The Morgan fingerprint density at radius 2 is 1.53 bits per heavy atom. The number of aromatic nitrogens is 1. The average molecular weight is 697 g/mol. The average Bonchev–Trinajstić information content (AvgIpc) is 3.82. The first-order valence-corrected chi connectivity index (χ1v) is 19.9. The maximum Gasteiger partial charge on any atom is 0.339 e. The van der Waals surface area contributed by atoms with Gasteiger partial charge in [0.1, 0.15) is 6.61 Å². The topological polar surface area (TPSA) is 114 Å². The molecular formula is C39H40N2O6S2. The molecule has 3 heterocycles. The minimum atomic E-state index is -3.25. The van der Waals surface area contributed by atoms with E-state index >= 15 is 0 Å². The first kappa shape index (κ1) is 34.4. The van der Waals surface area contributed by atoms with Crippen molar-refractivity contribution in [3.8, 4) is 0 Å². The highest BCUT2D eigenvalue weighted by atomic mass is 32.2. The maximum atomic E-state index is 12.5. The van der Waals surface area contributed by atoms with Crippen LogP contribution in [0.3, 0.4) is 0 Å². The Labute approximate surface area is 288 Å². The standard InChI is InChI=1S/C22H26N2O2S.C17H14O4S/c1-24-12-5-6-19(24)15-18-16-23-22-10-9-17(14-21(18)22)11-13-27(25,26)20-7-3-2-4-8-20;1-22(19,20)14-9-7-12(8-10-14)15-11-21-17(18)16(15)13-5-3-2-4-6-13/h2-4,7-10,14,16,19,23H,5-6,11-13,15H2,1H3;2-10H,11H2,1H3/t19-;/m1./s1. The number of likely N-dealkylation sites (N-methyl/N-ethyl adjacent to an activating group) is 1. The molecule has 0 aliphatic carbocycles. The van der Waals surface area contributed by atoms with Gasteiger partial charge < -0.3 is 14.6 Å². The number of likely N-dealkylation sites (tertiary alicyclic amines) is 1. The van der Waals surface area contributed by atoms with Crippen LogP contribution in [0.5, 0.6) is 0 Å². The number of fused-ring (bicyclic) bond motifs is 1. The number of aromatic amines is 1. The van der Waals surface area contributed by atoms with E-state index in [-0.39, 0.29) is 23.2 Å². The zero-order valence-electron chi connectivity index (χ0n) is 27.6. The minimum absolute atomic E-state index is 0.133. The molecule has 10 heteroatoms. The first-order chi connectivity index (χ1) is 23.5. The molecule has 8 nitrogen and oxygen atoms in total. The summed E-state index contributed by atoms with van der Waals surface area (Å²) in [6, 6.07) is 31.4. The third-order valence-corrected chi connectivity index (χ3v) is 12.1. The minimum Gasteiger partial charge on any atom is -0.457 e. The fourth-order valence-corrected chi connectivity index (χ4v) is 8.41. The van der Waals surface area contributed by atoms with Gasteiger partial charge in [0.15, 0.2) is 19.7 Å². The number of hydrogen-bond acceptors (Lipinski definition) is 7. The van der Waals surface area contributed by atoms with Crippen molar-refractivity contribution in [1.82, 2.24) is 9.88 Å². The van der Waals surface area contributed by atoms with Crippen LogP contribution >= 0.6 is 0 Å². The van der Waals surface area contributed by atoms with Crippen molar-refractivity contribution < 1.29 is 26.4 Å². The van der Waals surface area contributed by atoms with Gasteiger partial charge in [-0.15, -0.1) is 0 Å². The summed E-state index contributed by atoms with van der Waals surface area (Å²) in [4.78, 5) is 18.5. The van der Waals surface area contributed by atoms with Crippen molar-refractivity contribution in [3.05, 3.63) is 132 Å². The predicted octanol–water partition coefficient (Wildman–Crippen LogP) is 6.38. The number of H-pyrrole nitrogens is 1. The molecule has 0 bridgehead atoms. The Morgan fingerprint density at radius 1 is 0.837 bits per heavy atom. The number of esters is 1. The fourth-order valence-electron chi connectivity index (χ4n) is 6.47. The summed E-state index contributed by atoms with van der Waals surface area (Å²) in [5.41, 5.74) is 6.42. The van der Waals surface area contributed by atoms with Crippen molar-refractivity contribution in [2.45, 2.75) is 41.5 Å². The molecule has 0 unspecified atom stereocenters. The van der Waals surface area contributed by atoms with Crippen LogP contribution in [0.1, 0.15) is 35.1 Å². The molecule has 2 aliphatic heterocycles. The highest BCUT2D eigenvalue weighted by Gasteiger charge is 2.27. The highest BCUT2D eigenvalue weighted by molar-refractivity contribution is 7.91. The summed E-state index contributed by atoms with van der Waals surface area (Å²) in [5.74, 6) is -0.221. The number of hydrogen-bond donors (Lipinski definition) is 1. The highest BCUT2D eigenvalue weighted by Crippen LogP contribution is 2.33. The van der Waals surface area contributed by atoms with Crippen LogP contribution in [0.15, 0.2) is 119 Å². The Balaban J connectivity index is 0.000000174. The van der Waals surface area contributed by atoms with Crippen LogP contribution in [0.2, 0.25) is 0 Å². The lowest BCUT2D eigenvalue weighted by Crippen LogP contribution is -2.26. The van der Waals surface area contributed by atoms with Gasteiger partial charge in [-0.2, -0.15) is 0 Å². The van der Waals surface area contributed by atoms with Crippen LogP contribution in [-0.4, -0.2) is 70.9 Å². The van der Waals surface area contributed by atoms with E-state index in [0.29, 0.717) is 22.9 Å². The summed E-state index contributed by atoms with van der Waals surface area (Å²) in [7, 11) is -4.28. The van der Waals surface area contributed by atoms with Gasteiger partial charge in [0.2, 0.25) is 0 Å². The maximum absolute atomic E-state index is 12.5. The Morgan fingerprint density at radius 3 is 2.18 bits per heavy atom. The number of carbonyl (C=O) groups is 1. The lowest BCUT2D eigenvalue weighted by molar-refractivity contribution is -0.133. The number of nitrogens with one attached hydrogen (secondary N) is 1. The summed E-state index contributed by atoms with van der Waals surface area (Å²) >= 11 is 0. The summed E-state index contributed by atoms with van der Waals surface area (Å²) < 4.78 is 53.3. The summed E-state index contributed by atoms with van der Waals surface area (Å²) in [5, 5.41) is 1.23. The van der Waals surface area contributed by atoms with Crippen LogP contribution in [-0.2, 0) is 42.0 Å². The largest absolute Gasteiger partial charge is 0.457 e. The van der Waals surface area contributed by atoms with Gasteiger partial charge in [-0.05, 0) is 97.9 Å². The molecule has 4 aromatic carbocycles. The van der Waals surface area contributed by atoms with Gasteiger partial charge in [-0.3, -0.25) is 0 Å². The van der Waals surface area contributed by atoms with E-state index in [0.717, 1.165) is 34.2 Å². The summed E-state index contributed by atoms with van der Waals surface area (Å²) in [6.07, 6.45) is 7.37. The Kier molecular flexibility index (Phi) is 10.2. The normalized spacial score (nSPS) is 16.9. The van der Waals surface area contributed by atoms with Crippen LogP contribution in [0, 0.1) is 0 Å². The van der Waals surface area contributed by atoms with Crippen molar-refractivity contribution in [1.29, 1.82) is 0 Å². The lowest BCUT2D eigenvalue weighted by Gasteiger charge is -2.18. The number of cyclic esters (lactones) is 1. The smallest absolute Gasteiger partial charge is 0.339 e. The second-order valence-corrected chi connectivity index (χ2v) is 16.8. The predicted molar refractivity (Wildman–Crippen MR) is 194 cm³/mol. The molecule has 0 spiro atoms. The van der Waals surface area contributed by atoms with Gasteiger partial charge in [-0.25, -0.2) is 21.6 Å². The molecule has 1 N–H and O–H groups in total. The van der Waals surface area contributed by atoms with Gasteiger partial charge in [0.05, 0.1) is 21.1 Å². The molecule has 0 saturated carbocycles. The van der Waals surface area contributed by atoms with Crippen molar-refractivity contribution in [2.75, 3.05) is 32.2 Å². The zero-order chi connectivity index (χ0) is 34.6. The molecule has 0 amide bonds. The van der Waals surface area contributed by atoms with Gasteiger partial charge >= 0.3 is 5.97 Å². The second-order valence-electron chi connectivity index (χ2n) is 12.6. The molecule has 254 valence electrons. The van der Waals surface area contributed by atoms with Crippen molar-refractivity contribution in [3.63, 3.8) is 0 Å². The van der Waals surface area contributed by atoms with Crippen LogP contribution in [0.25, 0.3) is 22.0 Å². The zero-order valence-corrected chi connectivity index (χ0v) is 29.3. The molecule has 0 radical (unpaired) electrons. The number of nitrogens with zero attached hydrogens (tertiary/aromatic N) is 1. The third kappa shape index (κ3) is 8.04. The number of benzene rings is 4. The third-order valence-electron chi connectivity index (χ3n) is 9.27. The van der Waals surface area contributed by atoms with E-state index in [1.54, 1.807) is 48.5 Å². The monoisotopic (exact) mass is 696 g/mol. The molecule has 2 aliphatic rings. The molecule has 5 aromatic rings. The van der Waals surface area contributed by atoms with E-state index in [4.69, 9.17) is 4.74 Å². The molecule has 1 atom stereocenters. The van der Waals surface area contributed by atoms with Crippen molar-refractivity contribution in [2.24, 2.45) is 0 Å². The quantitative estimate of drug-likeness (QED) is 0.178. The molecule has 1 saturated heterocycles. The van der Waals surface area contributed by atoms with Gasteiger partial charge in [0.25, 0.3) is 0 Å². The van der Waals surface area contributed by atoms with Gasteiger partial charge in [0, 0.05) is 35.0 Å². The van der Waals surface area contributed by atoms with E-state index in [1.807, 2.05) is 42.5 Å². The SMILES string of the molecule is CN1CCC[C@@H]1Cc1c[nH]c2ccc(CCS(=O)(=O)c3ccccc3)cc12.CS(=O)(=O)c1ccc(C2=C(c3ccccc3)C(=O)OC2)cc1. The summed E-state index contributed by atoms with van der Waals surface area (Å²) in [6.45, 7) is 1.37. The fraction of sp³-hybridized carbons (Fsp3) is 0.256. The Bertz CT molecular complexity index is 2190. The van der Waals surface area contributed by atoms with Crippen LogP contribution in [0.4, 0.5) is 0 Å². The number of sulfone groups is 2. The van der Waals surface area contributed by atoms with E-state index in [9.17, 15) is 21.6 Å². The second kappa shape index (κ2) is 14.5. The van der Waals surface area contributed by atoms with E-state index in [1.165, 1.54) is 36.6 Å². The number of aryl methyl sites for hydroxylation is 1. The number of rotatable bonds is 9. The Hall–Kier alpha value is -4.51. The molecule has 7 rings (SSSR count). The molecule has 1 aromatic heterocycles. The first-order valence-electron chi connectivity index (χ1n) is 16.3. The number of carbonyl (C=O) groups excluding carboxylic acids is 1. The van der Waals surface area contributed by atoms with E-state index < -0.39 is 19.7 Å². The number of ether oxygens (including phenoxy) is 1.